The fourth-order valence-electron chi connectivity index (χ4n) is 1.82. The molecular weight excluding hydrogens is 302 g/mol. The number of nitrogens with zero attached hydrogens (tertiary/aromatic N) is 1. The molecule has 112 valence electrons. The van der Waals surface area contributed by atoms with Crippen LogP contribution in [0, 0.1) is 18.3 Å². The average molecular weight is 315 g/mol. The molecule has 7 heteroatoms. The number of benzene rings is 1. The quantitative estimate of drug-likeness (QED) is 0.904. The maximum Gasteiger partial charge on any atom is 0.412 e. The highest BCUT2D eigenvalue weighted by Gasteiger charge is 2.20. The van der Waals surface area contributed by atoms with Gasteiger partial charge in [0.15, 0.2) is 0 Å². The van der Waals surface area contributed by atoms with Gasteiger partial charge in [-0.25, -0.2) is 4.79 Å². The first kappa shape index (κ1) is 15.5. The average Bonchev–Trinajstić information content (AvgIpc) is 2.82. The molecule has 1 aromatic carbocycles. The molecule has 0 aliphatic heterocycles. The minimum Gasteiger partial charge on any atom is -0.444 e. The van der Waals surface area contributed by atoms with Gasteiger partial charge in [-0.1, -0.05) is 30.3 Å². The van der Waals surface area contributed by atoms with Crippen molar-refractivity contribution in [2.24, 2.45) is 5.73 Å². The molecule has 0 spiro atoms. The van der Waals surface area contributed by atoms with Crippen LogP contribution in [0.4, 0.5) is 9.80 Å². The van der Waals surface area contributed by atoms with Crippen LogP contribution in [0.2, 0.25) is 0 Å². The predicted molar refractivity (Wildman–Crippen MR) is 82.5 cm³/mol. The second-order valence-electron chi connectivity index (χ2n) is 4.42. The van der Waals surface area contributed by atoms with Gasteiger partial charge in [-0.3, -0.25) is 10.1 Å². The summed E-state index contributed by atoms with van der Waals surface area (Å²) in [5.41, 5.74) is 6.76. The molecule has 0 atom stereocenters. The molecule has 0 aliphatic carbocycles. The molecule has 2 amide bonds. The first-order chi connectivity index (χ1) is 10.5. The van der Waals surface area contributed by atoms with Crippen molar-refractivity contribution in [2.45, 2.75) is 13.5 Å². The third-order valence-electron chi connectivity index (χ3n) is 2.91. The fraction of sp³-hybridized carbons (Fsp3) is 0.133. The van der Waals surface area contributed by atoms with E-state index in [1.165, 1.54) is 0 Å². The lowest BCUT2D eigenvalue weighted by molar-refractivity contribution is 0.100. The largest absolute Gasteiger partial charge is 0.444 e. The van der Waals surface area contributed by atoms with E-state index in [2.05, 4.69) is 5.32 Å². The number of amides is 2. The van der Waals surface area contributed by atoms with E-state index in [0.717, 1.165) is 16.9 Å². The summed E-state index contributed by atoms with van der Waals surface area (Å²) in [6.45, 7) is 1.72. The van der Waals surface area contributed by atoms with E-state index in [0.29, 0.717) is 5.56 Å². The SMILES string of the molecule is Cc1c(C(N)=O)sc(NC(=O)OCc2ccccc2)c1C#N. The molecule has 2 rings (SSSR count). The van der Waals surface area contributed by atoms with Gasteiger partial charge < -0.3 is 10.5 Å². The number of nitrogens with one attached hydrogen (secondary N) is 1. The molecule has 1 aromatic heterocycles. The van der Waals surface area contributed by atoms with Gasteiger partial charge in [-0.2, -0.15) is 5.26 Å². The number of rotatable bonds is 4. The predicted octanol–water partition coefficient (Wildman–Crippen LogP) is 2.78. The van der Waals surface area contributed by atoms with Crippen molar-refractivity contribution < 1.29 is 14.3 Å². The van der Waals surface area contributed by atoms with E-state index >= 15 is 0 Å². The summed E-state index contributed by atoms with van der Waals surface area (Å²) >= 11 is 0.960. The summed E-state index contributed by atoms with van der Waals surface area (Å²) in [6, 6.07) is 11.1. The minimum atomic E-state index is -0.697. The first-order valence-corrected chi connectivity index (χ1v) is 7.15. The molecule has 6 nitrogen and oxygen atoms in total. The summed E-state index contributed by atoms with van der Waals surface area (Å²) in [5, 5.41) is 11.9. The second-order valence-corrected chi connectivity index (χ2v) is 5.44. The van der Waals surface area contributed by atoms with Crippen LogP contribution in [0.25, 0.3) is 0 Å². The second kappa shape index (κ2) is 6.74. The van der Waals surface area contributed by atoms with E-state index < -0.39 is 12.0 Å². The Hall–Kier alpha value is -2.85. The highest BCUT2D eigenvalue weighted by atomic mass is 32.1. The number of hydrogen-bond acceptors (Lipinski definition) is 5. The fourth-order valence-corrected chi connectivity index (χ4v) is 2.82. The number of ether oxygens (including phenoxy) is 1. The number of anilines is 1. The Kier molecular flexibility index (Phi) is 4.76. The van der Waals surface area contributed by atoms with E-state index in [-0.39, 0.29) is 22.0 Å². The lowest BCUT2D eigenvalue weighted by Crippen LogP contribution is -2.13. The van der Waals surface area contributed by atoms with Crippen molar-refractivity contribution >= 4 is 28.3 Å². The molecule has 3 N–H and O–H groups in total. The number of carbonyl (C=O) groups excluding carboxylic acids is 2. The third-order valence-corrected chi connectivity index (χ3v) is 4.13. The van der Waals surface area contributed by atoms with Crippen LogP contribution in [0.5, 0.6) is 0 Å². The van der Waals surface area contributed by atoms with Gasteiger partial charge in [0, 0.05) is 0 Å². The van der Waals surface area contributed by atoms with Crippen LogP contribution in [0.1, 0.15) is 26.4 Å². The molecule has 0 unspecified atom stereocenters. The van der Waals surface area contributed by atoms with Crippen molar-refractivity contribution in [2.75, 3.05) is 5.32 Å². The van der Waals surface area contributed by atoms with Crippen LogP contribution in [-0.2, 0) is 11.3 Å². The van der Waals surface area contributed by atoms with Gasteiger partial charge in [-0.15, -0.1) is 11.3 Å². The van der Waals surface area contributed by atoms with E-state index in [4.69, 9.17) is 15.7 Å². The van der Waals surface area contributed by atoms with E-state index in [1.54, 1.807) is 6.92 Å². The van der Waals surface area contributed by atoms with Crippen molar-refractivity contribution in [3.63, 3.8) is 0 Å². The normalized spacial score (nSPS) is 9.82. The van der Waals surface area contributed by atoms with Crippen molar-refractivity contribution in [3.8, 4) is 6.07 Å². The van der Waals surface area contributed by atoms with Gasteiger partial charge in [0.25, 0.3) is 5.91 Å². The number of primary amides is 1. The standard InChI is InChI=1S/C15H13N3O3S/c1-9-11(7-16)14(22-12(9)13(17)19)18-15(20)21-8-10-5-3-2-4-6-10/h2-6H,8H2,1H3,(H2,17,19)(H,18,20). The Morgan fingerprint density at radius 1 is 1.36 bits per heavy atom. The number of thiophene rings is 1. The Bertz CT molecular complexity index is 747. The molecule has 0 bridgehead atoms. The summed E-state index contributed by atoms with van der Waals surface area (Å²) in [6.07, 6.45) is -0.697. The molecule has 0 aliphatic rings. The first-order valence-electron chi connectivity index (χ1n) is 6.34. The van der Waals surface area contributed by atoms with Crippen LogP contribution < -0.4 is 11.1 Å². The van der Waals surface area contributed by atoms with Crippen LogP contribution in [-0.4, -0.2) is 12.0 Å². The van der Waals surface area contributed by atoms with Gasteiger partial charge in [-0.05, 0) is 18.1 Å². The molecule has 2 aromatic rings. The monoisotopic (exact) mass is 315 g/mol. The zero-order chi connectivity index (χ0) is 16.1. The molecule has 0 fully saturated rings. The summed E-state index contributed by atoms with van der Waals surface area (Å²) in [4.78, 5) is 23.3. The summed E-state index contributed by atoms with van der Waals surface area (Å²) in [7, 11) is 0. The summed E-state index contributed by atoms with van der Waals surface area (Å²) < 4.78 is 5.07. The number of carbonyl (C=O) groups is 2. The number of nitrogens with two attached hydrogens (primary N) is 1. The lowest BCUT2D eigenvalue weighted by Gasteiger charge is -2.05. The Labute approximate surface area is 131 Å². The lowest BCUT2D eigenvalue weighted by atomic mass is 10.2. The van der Waals surface area contributed by atoms with Gasteiger partial charge >= 0.3 is 6.09 Å². The Balaban J connectivity index is 2.07. The summed E-state index contributed by atoms with van der Waals surface area (Å²) in [5.74, 6) is -0.635. The Morgan fingerprint density at radius 3 is 2.64 bits per heavy atom. The minimum absolute atomic E-state index is 0.113. The number of hydrogen-bond donors (Lipinski definition) is 2. The molecule has 0 saturated heterocycles. The molecule has 22 heavy (non-hydrogen) atoms. The third kappa shape index (κ3) is 3.42. The van der Waals surface area contributed by atoms with Crippen molar-refractivity contribution in [1.29, 1.82) is 5.26 Å². The molecule has 0 radical (unpaired) electrons. The van der Waals surface area contributed by atoms with Crippen LogP contribution >= 0.6 is 11.3 Å². The zero-order valence-electron chi connectivity index (χ0n) is 11.8. The Morgan fingerprint density at radius 2 is 2.05 bits per heavy atom. The van der Waals surface area contributed by atoms with E-state index in [9.17, 15) is 9.59 Å². The highest BCUT2D eigenvalue weighted by molar-refractivity contribution is 7.18. The topological polar surface area (TPSA) is 105 Å². The van der Waals surface area contributed by atoms with Gasteiger partial charge in [0.1, 0.15) is 17.7 Å². The van der Waals surface area contributed by atoms with Crippen LogP contribution in [0.15, 0.2) is 30.3 Å². The smallest absolute Gasteiger partial charge is 0.412 e. The van der Waals surface area contributed by atoms with Gasteiger partial charge in [0.2, 0.25) is 0 Å². The highest BCUT2D eigenvalue weighted by Crippen LogP contribution is 2.32. The van der Waals surface area contributed by atoms with E-state index in [1.807, 2.05) is 36.4 Å². The number of nitriles is 1. The molecule has 1 heterocycles. The molecule has 0 saturated carbocycles. The molecular formula is C15H13N3O3S. The van der Waals surface area contributed by atoms with Crippen molar-refractivity contribution in [3.05, 3.63) is 51.9 Å². The zero-order valence-corrected chi connectivity index (χ0v) is 12.6. The maximum atomic E-state index is 11.8. The maximum absolute atomic E-state index is 11.8. The van der Waals surface area contributed by atoms with Crippen molar-refractivity contribution in [1.82, 2.24) is 0 Å². The van der Waals surface area contributed by atoms with Crippen LogP contribution in [0.3, 0.4) is 0 Å². The van der Waals surface area contributed by atoms with Gasteiger partial charge in [0.05, 0.1) is 10.4 Å².